The number of aliphatic carboxylic acids is 1. The first-order chi connectivity index (χ1) is 18.8. The second-order valence-electron chi connectivity index (χ2n) is 9.73. The van der Waals surface area contributed by atoms with Crippen LogP contribution in [0.1, 0.15) is 43.1 Å². The normalized spacial score (nSPS) is 17.1. The van der Waals surface area contributed by atoms with E-state index >= 15 is 0 Å². The second-order valence-corrected chi connectivity index (χ2v) is 9.73. The summed E-state index contributed by atoms with van der Waals surface area (Å²) >= 11 is 0. The van der Waals surface area contributed by atoms with E-state index < -0.39 is 29.9 Å². The predicted octanol–water partition coefficient (Wildman–Crippen LogP) is 1.46. The fourth-order valence-electron chi connectivity index (χ4n) is 4.94. The maximum atomic E-state index is 13.4. The molecule has 39 heavy (non-hydrogen) atoms. The van der Waals surface area contributed by atoms with Gasteiger partial charge in [0.2, 0.25) is 5.91 Å². The predicted molar refractivity (Wildman–Crippen MR) is 142 cm³/mol. The first-order valence-electron chi connectivity index (χ1n) is 13.3. The summed E-state index contributed by atoms with van der Waals surface area (Å²) in [5.41, 5.74) is 1.56. The molecule has 2 fully saturated rings. The number of pyridine rings is 1. The van der Waals surface area contributed by atoms with E-state index in [0.717, 1.165) is 11.1 Å². The summed E-state index contributed by atoms with van der Waals surface area (Å²) in [7, 11) is 0. The van der Waals surface area contributed by atoms with Crippen molar-refractivity contribution in [3.8, 4) is 0 Å². The number of carboxylic acid groups (broad SMARTS) is 1. The fraction of sp³-hybridized carbons (Fsp3) is 0.519. The molecule has 0 bridgehead atoms. The summed E-state index contributed by atoms with van der Waals surface area (Å²) in [4.78, 5) is 59.8. The minimum absolute atomic E-state index is 0.0809. The highest BCUT2D eigenvalue weighted by molar-refractivity contribution is 6.01. The SMILES string of the molecule is CCOC(=O)N1CCN(C(=O)C(CCC(=O)O)NC(=O)c2cc(N3CCC(O)CC3)c3ccccc3n2)CC1. The number of rotatable bonds is 8. The van der Waals surface area contributed by atoms with Crippen LogP contribution < -0.4 is 10.2 Å². The summed E-state index contributed by atoms with van der Waals surface area (Å²) in [5, 5.41) is 22.8. The topological polar surface area (TPSA) is 153 Å². The van der Waals surface area contributed by atoms with E-state index in [1.807, 2.05) is 24.3 Å². The van der Waals surface area contributed by atoms with Crippen molar-refractivity contribution in [2.24, 2.45) is 0 Å². The van der Waals surface area contributed by atoms with E-state index in [4.69, 9.17) is 4.74 Å². The van der Waals surface area contributed by atoms with Gasteiger partial charge in [-0.3, -0.25) is 14.4 Å². The van der Waals surface area contributed by atoms with Gasteiger partial charge >= 0.3 is 12.1 Å². The van der Waals surface area contributed by atoms with Gasteiger partial charge < -0.3 is 35.0 Å². The van der Waals surface area contributed by atoms with Gasteiger partial charge in [0, 0.05) is 56.8 Å². The molecule has 3 heterocycles. The van der Waals surface area contributed by atoms with Gasteiger partial charge in [-0.1, -0.05) is 18.2 Å². The number of nitrogens with one attached hydrogen (secondary N) is 1. The molecule has 1 atom stereocenters. The van der Waals surface area contributed by atoms with Crippen LogP contribution in [0, 0.1) is 0 Å². The molecule has 0 aliphatic carbocycles. The van der Waals surface area contributed by atoms with Gasteiger partial charge in [-0.25, -0.2) is 9.78 Å². The number of carbonyl (C=O) groups is 4. The number of aromatic nitrogens is 1. The number of para-hydroxylation sites is 1. The summed E-state index contributed by atoms with van der Waals surface area (Å²) in [6.45, 7) is 4.30. The third-order valence-corrected chi connectivity index (χ3v) is 7.10. The molecule has 12 nitrogen and oxygen atoms in total. The zero-order chi connectivity index (χ0) is 27.9. The minimum Gasteiger partial charge on any atom is -0.481 e. The highest BCUT2D eigenvalue weighted by atomic mass is 16.6. The lowest BCUT2D eigenvalue weighted by Crippen LogP contribution is -2.56. The van der Waals surface area contributed by atoms with E-state index in [1.165, 1.54) is 9.80 Å². The molecule has 0 spiro atoms. The van der Waals surface area contributed by atoms with Crippen molar-refractivity contribution in [1.29, 1.82) is 0 Å². The smallest absolute Gasteiger partial charge is 0.409 e. The number of anilines is 1. The maximum absolute atomic E-state index is 13.4. The lowest BCUT2D eigenvalue weighted by molar-refractivity contribution is -0.138. The molecule has 2 aliphatic rings. The van der Waals surface area contributed by atoms with Crippen molar-refractivity contribution in [2.45, 2.75) is 44.8 Å². The molecule has 210 valence electrons. The number of aliphatic hydroxyl groups excluding tert-OH is 1. The molecular weight excluding hydrogens is 506 g/mol. The Balaban J connectivity index is 1.52. The van der Waals surface area contributed by atoms with Crippen molar-refractivity contribution in [3.05, 3.63) is 36.0 Å². The van der Waals surface area contributed by atoms with Crippen molar-refractivity contribution in [2.75, 3.05) is 50.8 Å². The Labute approximate surface area is 226 Å². The molecule has 1 aromatic heterocycles. The summed E-state index contributed by atoms with van der Waals surface area (Å²) in [6.07, 6.45) is 0.0637. The lowest BCUT2D eigenvalue weighted by atomic mass is 10.0. The van der Waals surface area contributed by atoms with Gasteiger partial charge in [0.15, 0.2) is 0 Å². The maximum Gasteiger partial charge on any atom is 0.409 e. The van der Waals surface area contributed by atoms with Crippen LogP contribution in [0.4, 0.5) is 10.5 Å². The number of ether oxygens (including phenoxy) is 1. The number of nitrogens with zero attached hydrogens (tertiary/aromatic N) is 4. The zero-order valence-corrected chi connectivity index (χ0v) is 22.0. The van der Waals surface area contributed by atoms with Gasteiger partial charge in [0.1, 0.15) is 11.7 Å². The van der Waals surface area contributed by atoms with E-state index in [0.29, 0.717) is 31.4 Å². The van der Waals surface area contributed by atoms with Crippen LogP contribution in [0.25, 0.3) is 10.9 Å². The Bertz CT molecular complexity index is 1210. The third kappa shape index (κ3) is 6.94. The summed E-state index contributed by atoms with van der Waals surface area (Å²) in [5.74, 6) is -2.06. The number of piperazine rings is 1. The molecule has 12 heteroatoms. The number of amides is 3. The third-order valence-electron chi connectivity index (χ3n) is 7.10. The van der Waals surface area contributed by atoms with Gasteiger partial charge in [-0.2, -0.15) is 0 Å². The minimum atomic E-state index is -1.08. The molecule has 3 amide bonds. The van der Waals surface area contributed by atoms with Crippen molar-refractivity contribution in [1.82, 2.24) is 20.1 Å². The molecule has 1 aromatic carbocycles. The summed E-state index contributed by atoms with van der Waals surface area (Å²) < 4.78 is 5.02. The number of fused-ring (bicyclic) bond motifs is 1. The van der Waals surface area contributed by atoms with Gasteiger partial charge in [-0.05, 0) is 38.3 Å². The van der Waals surface area contributed by atoms with E-state index in [1.54, 1.807) is 13.0 Å². The number of piperidine rings is 1. The fourth-order valence-corrected chi connectivity index (χ4v) is 4.94. The molecular formula is C27H35N5O7. The van der Waals surface area contributed by atoms with Crippen LogP contribution in [0.2, 0.25) is 0 Å². The van der Waals surface area contributed by atoms with Gasteiger partial charge in [0.25, 0.3) is 5.91 Å². The number of hydrogen-bond acceptors (Lipinski definition) is 8. The lowest BCUT2D eigenvalue weighted by Gasteiger charge is -2.36. The number of carboxylic acids is 1. The Morgan fingerprint density at radius 1 is 1.05 bits per heavy atom. The van der Waals surface area contributed by atoms with Gasteiger partial charge in [-0.15, -0.1) is 0 Å². The monoisotopic (exact) mass is 541 g/mol. The molecule has 2 saturated heterocycles. The number of hydrogen-bond donors (Lipinski definition) is 3. The van der Waals surface area contributed by atoms with Crippen LogP contribution in [-0.4, -0.2) is 107 Å². The number of carbonyl (C=O) groups excluding carboxylic acids is 3. The van der Waals surface area contributed by atoms with Crippen LogP contribution in [0.5, 0.6) is 0 Å². The highest BCUT2D eigenvalue weighted by Gasteiger charge is 2.31. The van der Waals surface area contributed by atoms with E-state index in [9.17, 15) is 29.4 Å². The average molecular weight is 542 g/mol. The molecule has 1 unspecified atom stereocenters. The zero-order valence-electron chi connectivity index (χ0n) is 22.0. The Kier molecular flexibility index (Phi) is 9.18. The van der Waals surface area contributed by atoms with E-state index in [-0.39, 0.29) is 57.4 Å². The molecule has 2 aromatic rings. The van der Waals surface area contributed by atoms with Crippen molar-refractivity contribution >= 4 is 40.5 Å². The standard InChI is InChI=1S/C27H35N5O7/c1-2-39-27(38)32-15-13-31(14-16-32)26(37)21(7-8-24(34)35)29-25(36)22-17-23(30-11-9-18(33)10-12-30)19-5-3-4-6-20(19)28-22/h3-6,17-18,21,33H,2,7-16H2,1H3,(H,29,36)(H,34,35). The van der Waals surface area contributed by atoms with Crippen LogP contribution in [-0.2, 0) is 14.3 Å². The summed E-state index contributed by atoms with van der Waals surface area (Å²) in [6, 6.07) is 8.09. The molecule has 0 saturated carbocycles. The number of aliphatic hydroxyl groups is 1. The highest BCUT2D eigenvalue weighted by Crippen LogP contribution is 2.29. The van der Waals surface area contributed by atoms with Crippen LogP contribution in [0.3, 0.4) is 0 Å². The van der Waals surface area contributed by atoms with Crippen LogP contribution >= 0.6 is 0 Å². The number of benzene rings is 1. The molecule has 2 aliphatic heterocycles. The molecule has 0 radical (unpaired) electrons. The average Bonchev–Trinajstić information content (AvgIpc) is 2.94. The quantitative estimate of drug-likeness (QED) is 0.451. The van der Waals surface area contributed by atoms with Crippen LogP contribution in [0.15, 0.2) is 30.3 Å². The molecule has 4 rings (SSSR count). The van der Waals surface area contributed by atoms with Crippen molar-refractivity contribution < 1.29 is 34.1 Å². The second kappa shape index (κ2) is 12.7. The first kappa shape index (κ1) is 28.1. The largest absolute Gasteiger partial charge is 0.481 e. The Morgan fingerprint density at radius 3 is 2.38 bits per heavy atom. The first-order valence-corrected chi connectivity index (χ1v) is 13.3. The van der Waals surface area contributed by atoms with Crippen molar-refractivity contribution in [3.63, 3.8) is 0 Å². The Hall–Kier alpha value is -3.93. The van der Waals surface area contributed by atoms with E-state index in [2.05, 4.69) is 15.2 Å². The Morgan fingerprint density at radius 2 is 1.72 bits per heavy atom. The molecule has 3 N–H and O–H groups in total. The van der Waals surface area contributed by atoms with Gasteiger partial charge in [0.05, 0.1) is 18.2 Å².